The molecule has 258 valence electrons. The zero-order valence-corrected chi connectivity index (χ0v) is 27.1. The van der Waals surface area contributed by atoms with Gasteiger partial charge >= 0.3 is 5.92 Å². The minimum absolute atomic E-state index is 0.0680. The number of benzene rings is 1. The van der Waals surface area contributed by atoms with Gasteiger partial charge in [0.15, 0.2) is 0 Å². The number of carbonyl (C=O) groups excluding carboxylic acids is 4. The molecule has 3 rings (SSSR count). The Morgan fingerprint density at radius 2 is 1.64 bits per heavy atom. The summed E-state index contributed by atoms with van der Waals surface area (Å²) in [6.07, 6.45) is 8.63. The summed E-state index contributed by atoms with van der Waals surface area (Å²) in [5.74, 6) is -4.91. The zero-order valence-electron chi connectivity index (χ0n) is 27.1. The molecule has 2 atom stereocenters. The van der Waals surface area contributed by atoms with Crippen molar-refractivity contribution >= 4 is 29.3 Å². The fourth-order valence-electron chi connectivity index (χ4n) is 5.18. The van der Waals surface area contributed by atoms with Gasteiger partial charge in [-0.1, -0.05) is 19.6 Å². The van der Waals surface area contributed by atoms with Crippen LogP contribution in [0.25, 0.3) is 0 Å². The Hall–Kier alpha value is -3.97. The van der Waals surface area contributed by atoms with Gasteiger partial charge in [0.25, 0.3) is 11.8 Å². The predicted molar refractivity (Wildman–Crippen MR) is 173 cm³/mol. The fourth-order valence-corrected chi connectivity index (χ4v) is 5.18. The zero-order chi connectivity index (χ0) is 34.2. The summed E-state index contributed by atoms with van der Waals surface area (Å²) in [6, 6.07) is 3.33. The molecule has 1 aromatic carbocycles. The molecule has 0 saturated carbocycles. The second-order valence-electron chi connectivity index (χ2n) is 11.5. The van der Waals surface area contributed by atoms with E-state index in [4.69, 9.17) is 14.2 Å². The molecule has 2 aliphatic heterocycles. The number of nitrogens with zero attached hydrogens (tertiary/aromatic N) is 2. The Morgan fingerprint density at radius 1 is 1.00 bits per heavy atom. The number of ether oxygens (including phenoxy) is 3. The average molecular weight is 661 g/mol. The summed E-state index contributed by atoms with van der Waals surface area (Å²) < 4.78 is 45.5. The van der Waals surface area contributed by atoms with E-state index in [-0.39, 0.29) is 42.3 Å². The van der Waals surface area contributed by atoms with Crippen molar-refractivity contribution in [1.29, 1.82) is 0 Å². The SMILES string of the molecule is C=CNCC(C)/N=C(\C=C)C(F)(F)COCCCCCOCCCCCCOc1ccc2c(c1)C(=O)N(C1CCC(=O)NC1=O)C2=O. The second-order valence-corrected chi connectivity index (χ2v) is 11.5. The molecule has 1 saturated heterocycles. The van der Waals surface area contributed by atoms with Gasteiger partial charge in [-0.2, -0.15) is 8.78 Å². The molecule has 47 heavy (non-hydrogen) atoms. The highest BCUT2D eigenvalue weighted by Gasteiger charge is 2.44. The van der Waals surface area contributed by atoms with Gasteiger partial charge in [0.05, 0.1) is 23.8 Å². The van der Waals surface area contributed by atoms with Crippen LogP contribution >= 0.6 is 0 Å². The van der Waals surface area contributed by atoms with E-state index in [2.05, 4.69) is 28.8 Å². The van der Waals surface area contributed by atoms with Gasteiger partial charge < -0.3 is 19.5 Å². The molecule has 13 heteroatoms. The lowest BCUT2D eigenvalue weighted by Gasteiger charge is -2.27. The molecule has 2 heterocycles. The summed E-state index contributed by atoms with van der Waals surface area (Å²) in [7, 11) is 0. The van der Waals surface area contributed by atoms with Crippen molar-refractivity contribution in [3.05, 3.63) is 54.8 Å². The molecule has 0 aliphatic carbocycles. The largest absolute Gasteiger partial charge is 0.494 e. The van der Waals surface area contributed by atoms with E-state index < -0.39 is 42.2 Å². The van der Waals surface area contributed by atoms with Crippen LogP contribution in [0.4, 0.5) is 8.78 Å². The van der Waals surface area contributed by atoms with Crippen LogP contribution in [0.5, 0.6) is 5.75 Å². The van der Waals surface area contributed by atoms with Gasteiger partial charge in [0.1, 0.15) is 24.1 Å². The van der Waals surface area contributed by atoms with Gasteiger partial charge in [-0.25, -0.2) is 0 Å². The third kappa shape index (κ3) is 11.4. The van der Waals surface area contributed by atoms with Gasteiger partial charge in [-0.05, 0) is 82.3 Å². The van der Waals surface area contributed by atoms with Gasteiger partial charge in [0, 0.05) is 32.8 Å². The first kappa shape index (κ1) is 37.5. The van der Waals surface area contributed by atoms with Crippen LogP contribution < -0.4 is 15.4 Å². The van der Waals surface area contributed by atoms with E-state index in [1.54, 1.807) is 13.0 Å². The van der Waals surface area contributed by atoms with Crippen LogP contribution in [0.2, 0.25) is 0 Å². The first-order valence-corrected chi connectivity index (χ1v) is 16.2. The van der Waals surface area contributed by atoms with Crippen molar-refractivity contribution in [1.82, 2.24) is 15.5 Å². The van der Waals surface area contributed by atoms with E-state index >= 15 is 0 Å². The molecule has 1 aromatic rings. The van der Waals surface area contributed by atoms with E-state index in [1.807, 2.05) is 0 Å². The minimum atomic E-state index is -3.20. The number of hydrogen-bond acceptors (Lipinski definition) is 9. The van der Waals surface area contributed by atoms with Gasteiger partial charge in [-0.15, -0.1) is 0 Å². The number of fused-ring (bicyclic) bond motifs is 1. The van der Waals surface area contributed by atoms with Gasteiger partial charge in [-0.3, -0.25) is 34.4 Å². The Kier molecular flexibility index (Phi) is 15.2. The van der Waals surface area contributed by atoms with Crippen molar-refractivity contribution in [2.45, 2.75) is 82.7 Å². The molecule has 0 aromatic heterocycles. The third-order valence-corrected chi connectivity index (χ3v) is 7.71. The number of imide groups is 2. The molecule has 2 aliphatic rings. The van der Waals surface area contributed by atoms with E-state index in [0.29, 0.717) is 38.5 Å². The first-order chi connectivity index (χ1) is 22.6. The van der Waals surface area contributed by atoms with Crippen LogP contribution in [0, 0.1) is 0 Å². The number of hydrogen-bond donors (Lipinski definition) is 2. The maximum atomic E-state index is 14.4. The smallest absolute Gasteiger partial charge is 0.312 e. The van der Waals surface area contributed by atoms with Crippen molar-refractivity contribution in [3.63, 3.8) is 0 Å². The number of aliphatic imine (C=N–C) groups is 1. The number of halogens is 2. The molecule has 0 radical (unpaired) electrons. The summed E-state index contributed by atoms with van der Waals surface area (Å²) in [4.78, 5) is 54.3. The van der Waals surface area contributed by atoms with Crippen LogP contribution in [-0.4, -0.2) is 91.8 Å². The van der Waals surface area contributed by atoms with Crippen molar-refractivity contribution in [3.8, 4) is 5.75 Å². The number of carbonyl (C=O) groups is 4. The quantitative estimate of drug-likeness (QED) is 0.0987. The minimum Gasteiger partial charge on any atom is -0.494 e. The highest BCUT2D eigenvalue weighted by molar-refractivity contribution is 6.23. The number of allylic oxidation sites excluding steroid dienone is 1. The molecular weight excluding hydrogens is 614 g/mol. The molecule has 1 fully saturated rings. The molecular formula is C34H46F2N4O7. The Bertz CT molecular complexity index is 1300. The lowest BCUT2D eigenvalue weighted by Crippen LogP contribution is -2.54. The lowest BCUT2D eigenvalue weighted by atomic mass is 10.0. The maximum Gasteiger partial charge on any atom is 0.312 e. The van der Waals surface area contributed by atoms with Gasteiger partial charge in [0.2, 0.25) is 11.8 Å². The molecule has 2 unspecified atom stereocenters. The maximum absolute atomic E-state index is 14.4. The number of rotatable bonds is 23. The third-order valence-electron chi connectivity index (χ3n) is 7.71. The molecule has 0 spiro atoms. The summed E-state index contributed by atoms with van der Waals surface area (Å²) in [5, 5.41) is 5.03. The highest BCUT2D eigenvalue weighted by Crippen LogP contribution is 2.30. The van der Waals surface area contributed by atoms with E-state index in [9.17, 15) is 28.0 Å². The Morgan fingerprint density at radius 3 is 2.30 bits per heavy atom. The number of amides is 4. The summed E-state index contributed by atoms with van der Waals surface area (Å²) in [6.45, 7) is 10.3. The molecule has 0 bridgehead atoms. The van der Waals surface area contributed by atoms with E-state index in [0.717, 1.165) is 49.5 Å². The Labute approximate surface area is 274 Å². The molecule has 4 amide bonds. The fraction of sp³-hybridized carbons (Fsp3) is 0.559. The monoisotopic (exact) mass is 660 g/mol. The summed E-state index contributed by atoms with van der Waals surface area (Å²) >= 11 is 0. The normalized spacial score (nSPS) is 17.4. The topological polar surface area (TPSA) is 136 Å². The predicted octanol–water partition coefficient (Wildman–Crippen LogP) is 4.61. The number of piperidine rings is 1. The molecule has 2 N–H and O–H groups in total. The standard InChI is InChI=1S/C34H46F2N4O7/c1-4-29(38-24(3)22-37-5-2)34(35,36)23-46-19-11-8-10-18-45-17-9-6-7-12-20-47-25-13-14-26-27(21-25)33(44)40(32(26)43)28-15-16-30(41)39-31(28)42/h4-5,13-14,21,24,28,37H,1-2,6-12,15-20,22-23H2,3H3,(H,39,41,42)/b38-29+. The van der Waals surface area contributed by atoms with Crippen LogP contribution in [0.3, 0.4) is 0 Å². The molecule has 11 nitrogen and oxygen atoms in total. The second kappa shape index (κ2) is 19.0. The van der Waals surface area contributed by atoms with Crippen molar-refractivity contribution in [2.24, 2.45) is 4.99 Å². The van der Waals surface area contributed by atoms with Crippen molar-refractivity contribution in [2.75, 3.05) is 39.6 Å². The van der Waals surface area contributed by atoms with Crippen LogP contribution in [-0.2, 0) is 19.1 Å². The highest BCUT2D eigenvalue weighted by atomic mass is 19.3. The van der Waals surface area contributed by atoms with E-state index in [1.165, 1.54) is 18.3 Å². The number of nitrogens with one attached hydrogen (secondary N) is 2. The summed E-state index contributed by atoms with van der Waals surface area (Å²) in [5.41, 5.74) is 0.0237. The number of alkyl halides is 2. The van der Waals surface area contributed by atoms with Crippen LogP contribution in [0.15, 0.2) is 48.6 Å². The first-order valence-electron chi connectivity index (χ1n) is 16.2. The lowest BCUT2D eigenvalue weighted by molar-refractivity contribution is -0.136. The van der Waals surface area contributed by atoms with Crippen molar-refractivity contribution < 1.29 is 42.2 Å². The Balaban J connectivity index is 1.20. The average Bonchev–Trinajstić information content (AvgIpc) is 3.28. The number of unbranched alkanes of at least 4 members (excludes halogenated alkanes) is 5. The van der Waals surface area contributed by atoms with Crippen LogP contribution in [0.1, 0.15) is 85.4 Å².